The fourth-order valence-electron chi connectivity index (χ4n) is 2.86. The third-order valence-electron chi connectivity index (χ3n) is 4.56. The Kier molecular flexibility index (Phi) is 11.0. The number of benzene rings is 1. The molecule has 1 heterocycles. The third kappa shape index (κ3) is 7.91. The van der Waals surface area contributed by atoms with Gasteiger partial charge in [0.2, 0.25) is 5.91 Å². The average Bonchev–Trinajstić information content (AvgIpc) is 2.69. The lowest BCUT2D eigenvalue weighted by Crippen LogP contribution is -2.48. The van der Waals surface area contributed by atoms with E-state index in [1.54, 1.807) is 0 Å². The molecule has 0 spiro atoms. The van der Waals surface area contributed by atoms with E-state index in [9.17, 15) is 4.79 Å². The molecule has 1 aromatic rings. The zero-order valence-corrected chi connectivity index (χ0v) is 16.6. The number of hydrogen-bond acceptors (Lipinski definition) is 3. The lowest BCUT2D eigenvalue weighted by molar-refractivity contribution is -0.133. The summed E-state index contributed by atoms with van der Waals surface area (Å²) < 4.78 is 5.73. The molecule has 25 heavy (non-hydrogen) atoms. The van der Waals surface area contributed by atoms with Gasteiger partial charge in [-0.3, -0.25) is 4.79 Å². The van der Waals surface area contributed by atoms with Crippen LogP contribution in [0.4, 0.5) is 0 Å². The van der Waals surface area contributed by atoms with Gasteiger partial charge in [0.1, 0.15) is 5.75 Å². The highest BCUT2D eigenvalue weighted by molar-refractivity contribution is 5.76. The molecule has 0 unspecified atom stereocenters. The first kappa shape index (κ1) is 21.5. The second kappa shape index (κ2) is 12.8. The topological polar surface area (TPSA) is 32.8 Å². The van der Waals surface area contributed by atoms with Crippen molar-refractivity contribution in [3.05, 3.63) is 29.8 Å². The van der Waals surface area contributed by atoms with Gasteiger partial charge in [-0.1, -0.05) is 39.8 Å². The average molecular weight is 349 g/mol. The Balaban J connectivity index is 0.00000151. The highest BCUT2D eigenvalue weighted by Crippen LogP contribution is 2.13. The molecule has 1 aromatic carbocycles. The van der Waals surface area contributed by atoms with Crippen molar-refractivity contribution in [2.75, 3.05) is 39.3 Å². The summed E-state index contributed by atoms with van der Waals surface area (Å²) in [5.74, 6) is 1.22. The Morgan fingerprint density at radius 3 is 2.20 bits per heavy atom. The number of rotatable bonds is 8. The van der Waals surface area contributed by atoms with Crippen LogP contribution in [0.5, 0.6) is 5.75 Å². The molecule has 142 valence electrons. The summed E-state index contributed by atoms with van der Waals surface area (Å²) in [6.07, 6.45) is 3.52. The Morgan fingerprint density at radius 2 is 1.64 bits per heavy atom. The maximum Gasteiger partial charge on any atom is 0.222 e. The fraction of sp³-hybridized carbons (Fsp3) is 0.667. The van der Waals surface area contributed by atoms with Gasteiger partial charge in [-0.15, -0.1) is 0 Å². The van der Waals surface area contributed by atoms with E-state index in [1.165, 1.54) is 5.56 Å². The van der Waals surface area contributed by atoms with Gasteiger partial charge < -0.3 is 14.5 Å². The zero-order chi connectivity index (χ0) is 18.5. The number of amides is 1. The Hall–Kier alpha value is -1.55. The van der Waals surface area contributed by atoms with Crippen molar-refractivity contribution in [2.24, 2.45) is 0 Å². The van der Waals surface area contributed by atoms with Crippen LogP contribution in [0.1, 0.15) is 52.5 Å². The van der Waals surface area contributed by atoms with Crippen LogP contribution in [0.3, 0.4) is 0 Å². The van der Waals surface area contributed by atoms with Crippen LogP contribution in [0.25, 0.3) is 0 Å². The molecule has 0 saturated carbocycles. The highest BCUT2D eigenvalue weighted by Gasteiger charge is 2.19. The van der Waals surface area contributed by atoms with Gasteiger partial charge >= 0.3 is 0 Å². The van der Waals surface area contributed by atoms with Crippen molar-refractivity contribution in [1.82, 2.24) is 9.80 Å². The summed E-state index contributed by atoms with van der Waals surface area (Å²) >= 11 is 0. The lowest BCUT2D eigenvalue weighted by Gasteiger charge is -2.34. The lowest BCUT2D eigenvalue weighted by atomic mass is 10.2. The van der Waals surface area contributed by atoms with E-state index in [-0.39, 0.29) is 0 Å². The number of carbonyl (C=O) groups excluding carboxylic acids is 1. The number of unbranched alkanes of at least 4 members (excludes halogenated alkanes) is 1. The SMILES string of the molecule is CC.CCc1ccc(OCCCCC(=O)N2CCN(CC)CC2)cc1. The molecule has 0 atom stereocenters. The van der Waals surface area contributed by atoms with E-state index in [4.69, 9.17) is 4.74 Å². The second-order valence-corrected chi connectivity index (χ2v) is 6.12. The number of aryl methyl sites for hydroxylation is 1. The Morgan fingerprint density at radius 1 is 1.00 bits per heavy atom. The maximum absolute atomic E-state index is 12.2. The molecule has 1 fully saturated rings. The van der Waals surface area contributed by atoms with E-state index < -0.39 is 0 Å². The molecule has 0 aliphatic carbocycles. The standard InChI is InChI=1S/C19H30N2O2.C2H6/c1-3-17-8-10-18(11-9-17)23-16-6-5-7-19(22)21-14-12-20(4-2)13-15-21;1-2/h8-11H,3-7,12-16H2,1-2H3;1-2H3. The van der Waals surface area contributed by atoms with Gasteiger partial charge in [0.05, 0.1) is 6.61 Å². The molecule has 1 aliphatic heterocycles. The highest BCUT2D eigenvalue weighted by atomic mass is 16.5. The molecule has 4 heteroatoms. The van der Waals surface area contributed by atoms with Crippen LogP contribution in [0.15, 0.2) is 24.3 Å². The van der Waals surface area contributed by atoms with Crippen LogP contribution >= 0.6 is 0 Å². The van der Waals surface area contributed by atoms with Gasteiger partial charge in [-0.05, 0) is 43.5 Å². The van der Waals surface area contributed by atoms with E-state index in [0.29, 0.717) is 18.9 Å². The predicted octanol–water partition coefficient (Wildman–Crippen LogP) is 3.99. The molecular weight excluding hydrogens is 312 g/mol. The normalized spacial score (nSPS) is 14.6. The minimum Gasteiger partial charge on any atom is -0.494 e. The van der Waals surface area contributed by atoms with E-state index >= 15 is 0 Å². The molecule has 1 saturated heterocycles. The summed E-state index contributed by atoms with van der Waals surface area (Å²) in [6, 6.07) is 8.26. The van der Waals surface area contributed by atoms with Gasteiger partial charge in [0, 0.05) is 32.6 Å². The van der Waals surface area contributed by atoms with Gasteiger partial charge in [-0.2, -0.15) is 0 Å². The van der Waals surface area contributed by atoms with Crippen LogP contribution in [0, 0.1) is 0 Å². The van der Waals surface area contributed by atoms with Crippen molar-refractivity contribution in [1.29, 1.82) is 0 Å². The number of piperazine rings is 1. The first-order chi connectivity index (χ1) is 12.2. The number of carbonyl (C=O) groups is 1. The number of likely N-dealkylation sites (N-methyl/N-ethyl adjacent to an activating group) is 1. The number of hydrogen-bond donors (Lipinski definition) is 0. The summed E-state index contributed by atoms with van der Waals surface area (Å²) in [5, 5.41) is 0. The van der Waals surface area contributed by atoms with Crippen LogP contribution in [-0.2, 0) is 11.2 Å². The molecule has 0 aromatic heterocycles. The largest absolute Gasteiger partial charge is 0.494 e. The maximum atomic E-state index is 12.2. The molecule has 0 bridgehead atoms. The number of nitrogens with zero attached hydrogens (tertiary/aromatic N) is 2. The van der Waals surface area contributed by atoms with Gasteiger partial charge in [-0.25, -0.2) is 0 Å². The van der Waals surface area contributed by atoms with Crippen molar-refractivity contribution in [3.63, 3.8) is 0 Å². The van der Waals surface area contributed by atoms with Crippen LogP contribution in [0.2, 0.25) is 0 Å². The molecule has 2 rings (SSSR count). The van der Waals surface area contributed by atoms with Crippen molar-refractivity contribution < 1.29 is 9.53 Å². The molecular formula is C21H36N2O2. The molecule has 1 aliphatic rings. The summed E-state index contributed by atoms with van der Waals surface area (Å²) in [7, 11) is 0. The minimum absolute atomic E-state index is 0.299. The fourth-order valence-corrected chi connectivity index (χ4v) is 2.86. The summed E-state index contributed by atoms with van der Waals surface area (Å²) in [5.41, 5.74) is 1.33. The van der Waals surface area contributed by atoms with Crippen molar-refractivity contribution >= 4 is 5.91 Å². The molecule has 0 N–H and O–H groups in total. The molecule has 1 amide bonds. The molecule has 0 radical (unpaired) electrons. The van der Waals surface area contributed by atoms with E-state index in [2.05, 4.69) is 30.9 Å². The van der Waals surface area contributed by atoms with Crippen molar-refractivity contribution in [3.8, 4) is 5.75 Å². The molecule has 4 nitrogen and oxygen atoms in total. The first-order valence-corrected chi connectivity index (χ1v) is 9.94. The summed E-state index contributed by atoms with van der Waals surface area (Å²) in [6.45, 7) is 13.9. The smallest absolute Gasteiger partial charge is 0.222 e. The summed E-state index contributed by atoms with van der Waals surface area (Å²) in [4.78, 5) is 16.6. The van der Waals surface area contributed by atoms with Gasteiger partial charge in [0.25, 0.3) is 0 Å². The van der Waals surface area contributed by atoms with Crippen LogP contribution < -0.4 is 4.74 Å². The second-order valence-electron chi connectivity index (χ2n) is 6.12. The van der Waals surface area contributed by atoms with E-state index in [1.807, 2.05) is 30.9 Å². The third-order valence-corrected chi connectivity index (χ3v) is 4.56. The Bertz CT molecular complexity index is 465. The quantitative estimate of drug-likeness (QED) is 0.666. The van der Waals surface area contributed by atoms with E-state index in [0.717, 1.165) is 57.7 Å². The Labute approximate surface area is 154 Å². The first-order valence-electron chi connectivity index (χ1n) is 9.94. The minimum atomic E-state index is 0.299. The number of ether oxygens (including phenoxy) is 1. The monoisotopic (exact) mass is 348 g/mol. The predicted molar refractivity (Wildman–Crippen MR) is 105 cm³/mol. The van der Waals surface area contributed by atoms with Crippen molar-refractivity contribution in [2.45, 2.75) is 53.4 Å². The zero-order valence-electron chi connectivity index (χ0n) is 16.6. The van der Waals surface area contributed by atoms with Crippen LogP contribution in [-0.4, -0.2) is 55.0 Å². The van der Waals surface area contributed by atoms with Gasteiger partial charge in [0.15, 0.2) is 0 Å².